The Morgan fingerprint density at radius 3 is 2.88 bits per heavy atom. The summed E-state index contributed by atoms with van der Waals surface area (Å²) in [5.41, 5.74) is -2.39. The van der Waals surface area contributed by atoms with Crippen molar-refractivity contribution in [2.24, 2.45) is 5.41 Å². The van der Waals surface area contributed by atoms with Gasteiger partial charge in [0.05, 0.1) is 11.8 Å². The van der Waals surface area contributed by atoms with Gasteiger partial charge in [-0.1, -0.05) is 6.07 Å². The smallest absolute Gasteiger partial charge is 0.312 e. The molecule has 1 aromatic rings. The number of carboxylic acid groups (broad SMARTS) is 1. The molecule has 0 aliphatic carbocycles. The van der Waals surface area contributed by atoms with Crippen molar-refractivity contribution in [1.82, 2.24) is 10.2 Å². The fourth-order valence-electron chi connectivity index (χ4n) is 2.93. The van der Waals surface area contributed by atoms with Crippen LogP contribution in [0.1, 0.15) is 11.8 Å². The van der Waals surface area contributed by atoms with E-state index >= 15 is 0 Å². The van der Waals surface area contributed by atoms with Crippen molar-refractivity contribution in [3.05, 3.63) is 22.4 Å². The first-order valence-corrected chi connectivity index (χ1v) is 9.30. The number of nitrogens with one attached hydrogen (secondary N) is 1. The van der Waals surface area contributed by atoms with Crippen molar-refractivity contribution < 1.29 is 24.2 Å². The number of carbonyl (C=O) groups excluding carboxylic acids is 2. The molecule has 0 saturated carbocycles. The summed E-state index contributed by atoms with van der Waals surface area (Å²) in [6, 6.07) is 3.71. The predicted octanol–water partition coefficient (Wildman–Crippen LogP) is 0.755. The van der Waals surface area contributed by atoms with Gasteiger partial charge in [-0.25, -0.2) is 0 Å². The topological polar surface area (TPSA) is 95.9 Å². The van der Waals surface area contributed by atoms with Gasteiger partial charge in [0.1, 0.15) is 5.37 Å². The average molecular weight is 370 g/mol. The van der Waals surface area contributed by atoms with Crippen LogP contribution in [0, 0.1) is 5.41 Å². The number of carboxylic acids is 1. The number of hydrogen-bond donors (Lipinski definition) is 2. The summed E-state index contributed by atoms with van der Waals surface area (Å²) in [5.74, 6) is -1.27. The van der Waals surface area contributed by atoms with Crippen LogP contribution in [0.3, 0.4) is 0 Å². The number of β-lactam (4-membered cyclic amide) rings is 1. The minimum atomic E-state index is -1.40. The van der Waals surface area contributed by atoms with Gasteiger partial charge in [-0.2, -0.15) is 0 Å². The average Bonchev–Trinajstić information content (AvgIpc) is 3.05. The largest absolute Gasteiger partial charge is 0.481 e. The number of nitrogens with zero attached hydrogens (tertiary/aromatic N) is 1. The van der Waals surface area contributed by atoms with Crippen molar-refractivity contribution in [1.29, 1.82) is 0 Å². The molecule has 2 saturated heterocycles. The maximum Gasteiger partial charge on any atom is 0.312 e. The molecular formula is C15H18N2O5S2. The molecule has 3 heterocycles. The number of thiophene rings is 1. The molecule has 2 amide bonds. The number of hydrogen-bond acceptors (Lipinski definition) is 6. The molecule has 2 aliphatic rings. The van der Waals surface area contributed by atoms with Crippen LogP contribution in [0.2, 0.25) is 0 Å². The van der Waals surface area contributed by atoms with Crippen LogP contribution >= 0.6 is 23.1 Å². The Morgan fingerprint density at radius 2 is 2.29 bits per heavy atom. The van der Waals surface area contributed by atoms with Crippen LogP contribution in [0.5, 0.6) is 0 Å². The summed E-state index contributed by atoms with van der Waals surface area (Å²) < 4.78 is 5.39. The second kappa shape index (κ2) is 6.05. The van der Waals surface area contributed by atoms with E-state index in [1.54, 1.807) is 6.92 Å². The Kier molecular flexibility index (Phi) is 4.35. The zero-order chi connectivity index (χ0) is 17.5. The maximum absolute atomic E-state index is 12.6. The van der Waals surface area contributed by atoms with Crippen molar-refractivity contribution >= 4 is 40.9 Å². The van der Waals surface area contributed by atoms with Gasteiger partial charge in [-0.15, -0.1) is 23.1 Å². The Balaban J connectivity index is 1.72. The van der Waals surface area contributed by atoms with E-state index in [-0.39, 0.29) is 18.9 Å². The molecule has 7 nitrogen and oxygen atoms in total. The summed E-state index contributed by atoms with van der Waals surface area (Å²) in [4.78, 5) is 38.6. The number of carbonyl (C=O) groups is 3. The summed E-state index contributed by atoms with van der Waals surface area (Å²) in [6.07, 6.45) is 0.181. The number of ether oxygens (including phenoxy) is 1. The zero-order valence-corrected chi connectivity index (χ0v) is 14.9. The van der Waals surface area contributed by atoms with Gasteiger partial charge in [0.2, 0.25) is 5.91 Å². The number of amides is 2. The normalized spacial score (nSPS) is 32.0. The van der Waals surface area contributed by atoms with Crippen LogP contribution < -0.4 is 5.32 Å². The molecule has 2 N–H and O–H groups in total. The van der Waals surface area contributed by atoms with Gasteiger partial charge in [0.25, 0.3) is 11.6 Å². The lowest BCUT2D eigenvalue weighted by Crippen LogP contribution is -2.82. The third-order valence-corrected chi connectivity index (χ3v) is 6.95. The van der Waals surface area contributed by atoms with Gasteiger partial charge in [0.15, 0.2) is 0 Å². The summed E-state index contributed by atoms with van der Waals surface area (Å²) in [7, 11) is 1.38. The van der Waals surface area contributed by atoms with E-state index in [0.717, 1.165) is 4.88 Å². The highest BCUT2D eigenvalue weighted by Gasteiger charge is 2.66. The number of thioether (sulfide) groups is 1. The van der Waals surface area contributed by atoms with E-state index in [0.29, 0.717) is 5.75 Å². The monoisotopic (exact) mass is 370 g/mol. The fraction of sp³-hybridized carbons (Fsp3) is 0.533. The van der Waals surface area contributed by atoms with E-state index in [1.165, 1.54) is 35.1 Å². The Labute approximate surface area is 147 Å². The van der Waals surface area contributed by atoms with Gasteiger partial charge in [-0.3, -0.25) is 14.4 Å². The molecule has 0 bridgehead atoms. The van der Waals surface area contributed by atoms with E-state index in [9.17, 15) is 19.5 Å². The Bertz CT molecular complexity index is 679. The molecule has 130 valence electrons. The highest BCUT2D eigenvalue weighted by atomic mass is 32.2. The third-order valence-electron chi connectivity index (χ3n) is 4.37. The van der Waals surface area contributed by atoms with Crippen LogP contribution in [0.4, 0.5) is 0 Å². The Hall–Kier alpha value is -1.58. The van der Waals surface area contributed by atoms with Crippen LogP contribution in [0.15, 0.2) is 17.5 Å². The molecule has 1 aromatic heterocycles. The predicted molar refractivity (Wildman–Crippen MR) is 89.6 cm³/mol. The molecule has 2 unspecified atom stereocenters. The van der Waals surface area contributed by atoms with Crippen LogP contribution in [-0.2, 0) is 25.5 Å². The summed E-state index contributed by atoms with van der Waals surface area (Å²) in [5, 5.41) is 13.5. The number of fused-ring (bicyclic) bond motifs is 1. The Morgan fingerprint density at radius 1 is 1.54 bits per heavy atom. The molecule has 3 atom stereocenters. The number of aliphatic carboxylic acids is 1. The van der Waals surface area contributed by atoms with Crippen molar-refractivity contribution in [2.75, 3.05) is 19.4 Å². The minimum absolute atomic E-state index is 0.116. The van der Waals surface area contributed by atoms with Crippen molar-refractivity contribution in [3.8, 4) is 0 Å². The number of methoxy groups -OCH3 is 1. The second-order valence-corrected chi connectivity index (χ2v) is 8.31. The van der Waals surface area contributed by atoms with Gasteiger partial charge in [-0.05, 0) is 18.4 Å². The summed E-state index contributed by atoms with van der Waals surface area (Å²) >= 11 is 2.79. The molecule has 9 heteroatoms. The minimum Gasteiger partial charge on any atom is -0.481 e. The quantitative estimate of drug-likeness (QED) is 0.587. The van der Waals surface area contributed by atoms with Crippen LogP contribution in [0.25, 0.3) is 0 Å². The SMILES string of the molecule is COC1(NC(=O)Cc2cccs2)C(=O)N2CC(C)(C(=O)O)CS[C@@H]21. The standard InChI is InChI=1S/C15H18N2O5S2/c1-14(13(20)21)7-17-11(19)15(22-2,12(17)24-8-14)16-10(18)6-9-4-3-5-23-9/h3-5,12H,6-8H2,1-2H3,(H,16,18)(H,20,21)/t12-,14?,15?/m1/s1. The molecule has 0 aromatic carbocycles. The lowest BCUT2D eigenvalue weighted by Gasteiger charge is -2.58. The van der Waals surface area contributed by atoms with E-state index in [4.69, 9.17) is 4.74 Å². The maximum atomic E-state index is 12.6. The highest BCUT2D eigenvalue weighted by Crippen LogP contribution is 2.47. The van der Waals surface area contributed by atoms with Gasteiger partial charge >= 0.3 is 5.97 Å². The van der Waals surface area contributed by atoms with E-state index < -0.39 is 28.4 Å². The molecule has 24 heavy (non-hydrogen) atoms. The summed E-state index contributed by atoms with van der Waals surface area (Å²) in [6.45, 7) is 1.73. The lowest BCUT2D eigenvalue weighted by molar-refractivity contribution is -0.200. The first-order valence-electron chi connectivity index (χ1n) is 7.37. The van der Waals surface area contributed by atoms with Gasteiger partial charge in [0, 0.05) is 24.3 Å². The molecule has 0 radical (unpaired) electrons. The molecular weight excluding hydrogens is 352 g/mol. The zero-order valence-electron chi connectivity index (χ0n) is 13.3. The number of rotatable bonds is 5. The van der Waals surface area contributed by atoms with Crippen molar-refractivity contribution in [2.45, 2.75) is 24.4 Å². The van der Waals surface area contributed by atoms with Crippen LogP contribution in [-0.4, -0.2) is 58.3 Å². The fourth-order valence-corrected chi connectivity index (χ4v) is 5.22. The van der Waals surface area contributed by atoms with E-state index in [1.807, 2.05) is 17.5 Å². The molecule has 3 rings (SSSR count). The molecule has 0 spiro atoms. The first kappa shape index (κ1) is 17.2. The third kappa shape index (κ3) is 2.60. The van der Waals surface area contributed by atoms with E-state index in [2.05, 4.69) is 5.32 Å². The van der Waals surface area contributed by atoms with Crippen molar-refractivity contribution in [3.63, 3.8) is 0 Å². The first-order chi connectivity index (χ1) is 11.3. The lowest BCUT2D eigenvalue weighted by atomic mass is 9.88. The second-order valence-electron chi connectivity index (χ2n) is 6.21. The van der Waals surface area contributed by atoms with Gasteiger partial charge < -0.3 is 20.1 Å². The highest BCUT2D eigenvalue weighted by molar-refractivity contribution is 8.00. The molecule has 2 aliphatic heterocycles. The molecule has 2 fully saturated rings.